The van der Waals surface area contributed by atoms with Crippen molar-refractivity contribution in [1.82, 2.24) is 15.5 Å². The van der Waals surface area contributed by atoms with E-state index in [1.807, 2.05) is 0 Å². The topological polar surface area (TPSA) is 81.7 Å². The summed E-state index contributed by atoms with van der Waals surface area (Å²) in [6.45, 7) is 3.26. The maximum atomic E-state index is 11.5. The number of carboxylic acid groups (broad SMARTS) is 1. The lowest BCUT2D eigenvalue weighted by Gasteiger charge is -2.24. The van der Waals surface area contributed by atoms with E-state index in [1.165, 1.54) is 12.8 Å². The summed E-state index contributed by atoms with van der Waals surface area (Å²) in [6.07, 6.45) is 3.97. The number of unbranched alkanes of at least 4 members (excludes halogenated alkanes) is 1. The maximum Gasteiger partial charge on any atom is 0.314 e. The zero-order valence-corrected chi connectivity index (χ0v) is 11.8. The lowest BCUT2D eigenvalue weighted by atomic mass is 10.2. The lowest BCUT2D eigenvalue weighted by Crippen LogP contribution is -2.44. The molecule has 1 rings (SSSR count). The van der Waals surface area contributed by atoms with Gasteiger partial charge in [0.2, 0.25) is 0 Å². The molecule has 0 spiro atoms. The lowest BCUT2D eigenvalue weighted by molar-refractivity contribution is -0.137. The third kappa shape index (κ3) is 7.00. The van der Waals surface area contributed by atoms with E-state index >= 15 is 0 Å². The van der Waals surface area contributed by atoms with Gasteiger partial charge in [0.15, 0.2) is 0 Å². The zero-order chi connectivity index (χ0) is 14.3. The normalized spacial score (nSPS) is 16.2. The van der Waals surface area contributed by atoms with Crippen molar-refractivity contribution in [3.8, 4) is 0 Å². The van der Waals surface area contributed by atoms with Crippen LogP contribution in [-0.2, 0) is 4.79 Å². The molecule has 1 fully saturated rings. The summed E-state index contributed by atoms with van der Waals surface area (Å²) in [6, 6.07) is 0.854. The van der Waals surface area contributed by atoms with Crippen molar-refractivity contribution >= 4 is 12.0 Å². The molecule has 19 heavy (non-hydrogen) atoms. The second kappa shape index (κ2) is 7.99. The fourth-order valence-corrected chi connectivity index (χ4v) is 1.89. The summed E-state index contributed by atoms with van der Waals surface area (Å²) >= 11 is 0. The molecule has 0 aromatic carbocycles. The summed E-state index contributed by atoms with van der Waals surface area (Å²) < 4.78 is 0. The van der Waals surface area contributed by atoms with Crippen LogP contribution in [0.3, 0.4) is 0 Å². The molecule has 0 aliphatic heterocycles. The van der Waals surface area contributed by atoms with Gasteiger partial charge in [-0.15, -0.1) is 0 Å². The minimum Gasteiger partial charge on any atom is -0.481 e. The first-order valence-electron chi connectivity index (χ1n) is 6.96. The van der Waals surface area contributed by atoms with Crippen molar-refractivity contribution in [2.45, 2.75) is 51.1 Å². The minimum atomic E-state index is -0.790. The van der Waals surface area contributed by atoms with Gasteiger partial charge in [0.1, 0.15) is 0 Å². The average molecular weight is 271 g/mol. The molecule has 0 aromatic rings. The van der Waals surface area contributed by atoms with E-state index in [4.69, 9.17) is 5.11 Å². The van der Waals surface area contributed by atoms with Crippen LogP contribution in [0, 0.1) is 0 Å². The number of carbonyl (C=O) groups is 2. The van der Waals surface area contributed by atoms with Gasteiger partial charge >= 0.3 is 12.0 Å². The van der Waals surface area contributed by atoms with Gasteiger partial charge < -0.3 is 15.7 Å². The second-order valence-electron chi connectivity index (χ2n) is 5.23. The van der Waals surface area contributed by atoms with Crippen LogP contribution in [-0.4, -0.2) is 54.2 Å². The number of nitrogens with one attached hydrogen (secondary N) is 2. The van der Waals surface area contributed by atoms with Gasteiger partial charge in [-0.25, -0.2) is 4.79 Å². The average Bonchev–Trinajstić information content (AvgIpc) is 3.18. The third-order valence-corrected chi connectivity index (χ3v) is 3.48. The highest BCUT2D eigenvalue weighted by Gasteiger charge is 2.28. The molecule has 0 aromatic heterocycles. The van der Waals surface area contributed by atoms with E-state index in [9.17, 15) is 9.59 Å². The SMILES string of the molecule is CC(CNC(=O)NCCCCC(=O)O)N(C)C1CC1. The van der Waals surface area contributed by atoms with E-state index < -0.39 is 5.97 Å². The molecular weight excluding hydrogens is 246 g/mol. The van der Waals surface area contributed by atoms with Gasteiger partial charge in [0.25, 0.3) is 0 Å². The predicted molar refractivity (Wildman–Crippen MR) is 73.1 cm³/mol. The molecule has 6 heteroatoms. The number of carboxylic acids is 1. The largest absolute Gasteiger partial charge is 0.481 e. The van der Waals surface area contributed by atoms with Crippen molar-refractivity contribution in [3.05, 3.63) is 0 Å². The Bertz CT molecular complexity index is 306. The molecule has 0 saturated heterocycles. The van der Waals surface area contributed by atoms with Gasteiger partial charge in [0, 0.05) is 31.6 Å². The summed E-state index contributed by atoms with van der Waals surface area (Å²) in [4.78, 5) is 24.1. The number of hydrogen-bond acceptors (Lipinski definition) is 3. The van der Waals surface area contributed by atoms with Crippen LogP contribution < -0.4 is 10.6 Å². The quantitative estimate of drug-likeness (QED) is 0.547. The number of likely N-dealkylation sites (N-methyl/N-ethyl adjacent to an activating group) is 1. The first kappa shape index (κ1) is 15.8. The number of rotatable bonds is 9. The molecule has 0 heterocycles. The fraction of sp³-hybridized carbons (Fsp3) is 0.846. The molecule has 6 nitrogen and oxygen atoms in total. The van der Waals surface area contributed by atoms with Crippen LogP contribution >= 0.6 is 0 Å². The van der Waals surface area contributed by atoms with Crippen molar-refractivity contribution in [1.29, 1.82) is 0 Å². The Balaban J connectivity index is 1.99. The van der Waals surface area contributed by atoms with E-state index in [0.717, 1.165) is 0 Å². The van der Waals surface area contributed by atoms with E-state index in [-0.39, 0.29) is 12.5 Å². The van der Waals surface area contributed by atoms with Crippen LogP contribution in [0.2, 0.25) is 0 Å². The van der Waals surface area contributed by atoms with Gasteiger partial charge in [-0.2, -0.15) is 0 Å². The van der Waals surface area contributed by atoms with Crippen molar-refractivity contribution in [2.75, 3.05) is 20.1 Å². The van der Waals surface area contributed by atoms with Gasteiger partial charge in [0.05, 0.1) is 0 Å². The van der Waals surface area contributed by atoms with Crippen LogP contribution in [0.4, 0.5) is 4.79 Å². The van der Waals surface area contributed by atoms with Crippen molar-refractivity contribution in [3.63, 3.8) is 0 Å². The summed E-state index contributed by atoms with van der Waals surface area (Å²) in [5.74, 6) is -0.790. The highest BCUT2D eigenvalue weighted by molar-refractivity contribution is 5.73. The second-order valence-corrected chi connectivity index (χ2v) is 5.23. The molecule has 110 valence electrons. The van der Waals surface area contributed by atoms with Gasteiger partial charge in [-0.1, -0.05) is 0 Å². The molecule has 1 aliphatic carbocycles. The van der Waals surface area contributed by atoms with Crippen LogP contribution in [0.1, 0.15) is 39.0 Å². The van der Waals surface area contributed by atoms with Crippen LogP contribution in [0.15, 0.2) is 0 Å². The Morgan fingerprint density at radius 3 is 2.58 bits per heavy atom. The van der Waals surface area contributed by atoms with E-state index in [1.54, 1.807) is 0 Å². The molecule has 0 bridgehead atoms. The van der Waals surface area contributed by atoms with E-state index in [0.29, 0.717) is 38.0 Å². The number of carbonyl (C=O) groups excluding carboxylic acids is 1. The molecular formula is C13H25N3O3. The van der Waals surface area contributed by atoms with Crippen molar-refractivity contribution < 1.29 is 14.7 Å². The molecule has 3 N–H and O–H groups in total. The Morgan fingerprint density at radius 1 is 1.32 bits per heavy atom. The molecule has 1 unspecified atom stereocenters. The number of nitrogens with zero attached hydrogens (tertiary/aromatic N) is 1. The number of urea groups is 1. The highest BCUT2D eigenvalue weighted by Crippen LogP contribution is 2.26. The number of hydrogen-bond donors (Lipinski definition) is 3. The van der Waals surface area contributed by atoms with Crippen LogP contribution in [0.25, 0.3) is 0 Å². The molecule has 1 saturated carbocycles. The minimum absolute atomic E-state index is 0.159. The number of aliphatic carboxylic acids is 1. The predicted octanol–water partition coefficient (Wildman–Crippen LogP) is 1.02. The third-order valence-electron chi connectivity index (χ3n) is 3.48. The Morgan fingerprint density at radius 2 is 2.00 bits per heavy atom. The fourth-order valence-electron chi connectivity index (χ4n) is 1.89. The monoisotopic (exact) mass is 271 g/mol. The molecule has 2 amide bonds. The molecule has 1 atom stereocenters. The van der Waals surface area contributed by atoms with Gasteiger partial charge in [-0.3, -0.25) is 9.69 Å². The maximum absolute atomic E-state index is 11.5. The Kier molecular flexibility index (Phi) is 6.62. The van der Waals surface area contributed by atoms with Crippen molar-refractivity contribution in [2.24, 2.45) is 0 Å². The summed E-state index contributed by atoms with van der Waals surface area (Å²) in [5.41, 5.74) is 0. The molecule has 1 aliphatic rings. The van der Waals surface area contributed by atoms with E-state index in [2.05, 4.69) is 29.5 Å². The summed E-state index contributed by atoms with van der Waals surface area (Å²) in [5, 5.41) is 14.0. The zero-order valence-electron chi connectivity index (χ0n) is 11.8. The Labute approximate surface area is 114 Å². The molecule has 0 radical (unpaired) electrons. The number of amides is 2. The highest BCUT2D eigenvalue weighted by atomic mass is 16.4. The summed E-state index contributed by atoms with van der Waals surface area (Å²) in [7, 11) is 2.09. The smallest absolute Gasteiger partial charge is 0.314 e. The first-order chi connectivity index (χ1) is 9.00. The first-order valence-corrected chi connectivity index (χ1v) is 6.96. The van der Waals surface area contributed by atoms with Crippen LogP contribution in [0.5, 0.6) is 0 Å². The Hall–Kier alpha value is -1.30. The van der Waals surface area contributed by atoms with Gasteiger partial charge in [-0.05, 0) is 39.7 Å². The standard InChI is InChI=1S/C13H25N3O3/c1-10(16(2)11-6-7-11)9-15-13(19)14-8-4-3-5-12(17)18/h10-11H,3-9H2,1-2H3,(H,17,18)(H2,14,15,19).